The molecule has 9 heteroatoms. The average Bonchev–Trinajstić information content (AvgIpc) is 3.57. The van der Waals surface area contributed by atoms with Gasteiger partial charge in [-0.3, -0.25) is 9.59 Å². The molecule has 0 aliphatic carbocycles. The SMILES string of the molecule is CCCCCOc1ccc(/C(O)=C2\C(=O)C(=O)N(Cc3cccs3)C2c2cc(OC)c(OC)c(OC)c2)cc1. The Balaban J connectivity index is 1.79. The second kappa shape index (κ2) is 12.7. The standard InChI is InChI=1S/C30H33NO7S/c1-5-6-7-14-38-21-12-10-19(11-13-21)27(32)25-26(20-16-23(35-2)29(37-4)24(17-20)36-3)31(30(34)28(25)33)18-22-9-8-15-39-22/h8-13,15-17,26,32H,5-7,14,18H2,1-4H3/b27-25+. The van der Waals surface area contributed by atoms with E-state index >= 15 is 0 Å². The van der Waals surface area contributed by atoms with Crippen LogP contribution in [0.25, 0.3) is 5.76 Å². The minimum absolute atomic E-state index is 0.0116. The number of rotatable bonds is 12. The monoisotopic (exact) mass is 551 g/mol. The Hall–Kier alpha value is -3.98. The molecule has 1 aromatic heterocycles. The zero-order valence-corrected chi connectivity index (χ0v) is 23.4. The summed E-state index contributed by atoms with van der Waals surface area (Å²) in [6.07, 6.45) is 3.15. The van der Waals surface area contributed by atoms with Crippen LogP contribution in [-0.2, 0) is 16.1 Å². The Bertz CT molecular complexity index is 1310. The fraction of sp³-hybridized carbons (Fsp3) is 0.333. The number of hydrogen-bond acceptors (Lipinski definition) is 8. The molecule has 0 spiro atoms. The first-order chi connectivity index (χ1) is 18.9. The van der Waals surface area contributed by atoms with Crippen molar-refractivity contribution in [3.63, 3.8) is 0 Å². The highest BCUT2D eigenvalue weighted by Gasteiger charge is 2.46. The fourth-order valence-corrected chi connectivity index (χ4v) is 5.33. The van der Waals surface area contributed by atoms with Gasteiger partial charge in [0.25, 0.3) is 11.7 Å². The number of aliphatic hydroxyl groups is 1. The summed E-state index contributed by atoms with van der Waals surface area (Å²) >= 11 is 1.48. The van der Waals surface area contributed by atoms with Gasteiger partial charge in [0, 0.05) is 10.4 Å². The summed E-state index contributed by atoms with van der Waals surface area (Å²) in [4.78, 5) is 29.1. The van der Waals surface area contributed by atoms with Gasteiger partial charge < -0.3 is 29.0 Å². The molecular formula is C30H33NO7S. The predicted molar refractivity (Wildman–Crippen MR) is 150 cm³/mol. The lowest BCUT2D eigenvalue weighted by molar-refractivity contribution is -0.140. The second-order valence-corrected chi connectivity index (χ2v) is 10.1. The molecule has 1 fully saturated rings. The number of benzene rings is 2. The van der Waals surface area contributed by atoms with E-state index in [-0.39, 0.29) is 17.9 Å². The third-order valence-electron chi connectivity index (χ3n) is 6.59. The van der Waals surface area contributed by atoms with Crippen LogP contribution in [0.1, 0.15) is 48.2 Å². The van der Waals surface area contributed by atoms with Gasteiger partial charge in [-0.05, 0) is 59.8 Å². The fourth-order valence-electron chi connectivity index (χ4n) is 4.63. The number of ether oxygens (including phenoxy) is 4. The van der Waals surface area contributed by atoms with Gasteiger partial charge in [0.15, 0.2) is 11.5 Å². The molecule has 1 aliphatic rings. The Morgan fingerprint density at radius 2 is 1.67 bits per heavy atom. The summed E-state index contributed by atoms with van der Waals surface area (Å²) in [5, 5.41) is 13.3. The van der Waals surface area contributed by atoms with Crippen molar-refractivity contribution in [3.05, 3.63) is 75.5 Å². The van der Waals surface area contributed by atoms with Gasteiger partial charge in [0.2, 0.25) is 5.75 Å². The normalized spacial score (nSPS) is 16.4. The number of nitrogens with zero attached hydrogens (tertiary/aromatic N) is 1. The van der Waals surface area contributed by atoms with Crippen molar-refractivity contribution in [1.82, 2.24) is 4.90 Å². The van der Waals surface area contributed by atoms with Gasteiger partial charge in [-0.15, -0.1) is 11.3 Å². The van der Waals surface area contributed by atoms with Crippen molar-refractivity contribution >= 4 is 28.8 Å². The van der Waals surface area contributed by atoms with Gasteiger partial charge in [-0.25, -0.2) is 0 Å². The molecule has 1 N–H and O–H groups in total. The molecule has 2 heterocycles. The summed E-state index contributed by atoms with van der Waals surface area (Å²) in [5.41, 5.74) is 0.933. The van der Waals surface area contributed by atoms with Crippen molar-refractivity contribution in [3.8, 4) is 23.0 Å². The van der Waals surface area contributed by atoms with Crippen LogP contribution in [0.2, 0.25) is 0 Å². The highest BCUT2D eigenvalue weighted by Crippen LogP contribution is 2.46. The molecule has 0 saturated carbocycles. The number of Topliss-reactive ketones (excluding diaryl/α,β-unsaturated/α-hetero) is 1. The van der Waals surface area contributed by atoms with Crippen molar-refractivity contribution in [1.29, 1.82) is 0 Å². The zero-order chi connectivity index (χ0) is 27.9. The van der Waals surface area contributed by atoms with E-state index in [0.29, 0.717) is 40.7 Å². The molecule has 8 nitrogen and oxygen atoms in total. The highest BCUT2D eigenvalue weighted by molar-refractivity contribution is 7.09. The number of methoxy groups -OCH3 is 3. The summed E-state index contributed by atoms with van der Waals surface area (Å²) in [5.74, 6) is 0.0762. The summed E-state index contributed by atoms with van der Waals surface area (Å²) in [6.45, 7) is 2.94. The minimum Gasteiger partial charge on any atom is -0.507 e. The number of likely N-dealkylation sites (tertiary alicyclic amines) is 1. The molecule has 1 atom stereocenters. The van der Waals surface area contributed by atoms with Crippen molar-refractivity contribution < 1.29 is 33.6 Å². The predicted octanol–water partition coefficient (Wildman–Crippen LogP) is 5.96. The molecule has 2 aromatic carbocycles. The molecule has 206 valence electrons. The number of hydrogen-bond donors (Lipinski definition) is 1. The number of carbonyl (C=O) groups is 2. The van der Waals surface area contributed by atoms with E-state index < -0.39 is 17.7 Å². The van der Waals surface area contributed by atoms with E-state index in [2.05, 4.69) is 6.92 Å². The maximum absolute atomic E-state index is 13.4. The van der Waals surface area contributed by atoms with Gasteiger partial charge in [-0.2, -0.15) is 0 Å². The maximum atomic E-state index is 13.4. The van der Waals surface area contributed by atoms with Crippen LogP contribution in [0.5, 0.6) is 23.0 Å². The summed E-state index contributed by atoms with van der Waals surface area (Å²) in [7, 11) is 4.49. The lowest BCUT2D eigenvalue weighted by Gasteiger charge is -2.26. The molecular weight excluding hydrogens is 518 g/mol. The van der Waals surface area contributed by atoms with Crippen LogP contribution in [0.3, 0.4) is 0 Å². The van der Waals surface area contributed by atoms with Gasteiger partial charge in [0.05, 0.1) is 46.1 Å². The lowest BCUT2D eigenvalue weighted by atomic mass is 9.94. The Kier molecular flexibility index (Phi) is 9.14. The molecule has 39 heavy (non-hydrogen) atoms. The number of carbonyl (C=O) groups excluding carboxylic acids is 2. The Morgan fingerprint density at radius 1 is 0.974 bits per heavy atom. The molecule has 1 amide bonds. The first kappa shape index (κ1) is 28.0. The summed E-state index contributed by atoms with van der Waals surface area (Å²) < 4.78 is 22.3. The molecule has 4 rings (SSSR count). The quantitative estimate of drug-likeness (QED) is 0.128. The Morgan fingerprint density at radius 3 is 2.23 bits per heavy atom. The highest BCUT2D eigenvalue weighted by atomic mass is 32.1. The van der Waals surface area contributed by atoms with E-state index in [0.717, 1.165) is 24.1 Å². The second-order valence-electron chi connectivity index (χ2n) is 9.04. The van der Waals surface area contributed by atoms with Crippen molar-refractivity contribution in [2.75, 3.05) is 27.9 Å². The molecule has 1 saturated heterocycles. The molecule has 1 unspecified atom stereocenters. The first-order valence-electron chi connectivity index (χ1n) is 12.8. The third-order valence-corrected chi connectivity index (χ3v) is 7.45. The lowest BCUT2D eigenvalue weighted by Crippen LogP contribution is -2.29. The zero-order valence-electron chi connectivity index (χ0n) is 22.6. The topological polar surface area (TPSA) is 94.5 Å². The smallest absolute Gasteiger partial charge is 0.295 e. The first-order valence-corrected chi connectivity index (χ1v) is 13.6. The van der Waals surface area contributed by atoms with Crippen LogP contribution in [0, 0.1) is 0 Å². The van der Waals surface area contributed by atoms with Gasteiger partial charge >= 0.3 is 0 Å². The average molecular weight is 552 g/mol. The summed E-state index contributed by atoms with van der Waals surface area (Å²) in [6, 6.07) is 13.2. The van der Waals surface area contributed by atoms with Crippen LogP contribution in [0.15, 0.2) is 59.5 Å². The number of unbranched alkanes of at least 4 members (excludes halogenated alkanes) is 2. The number of thiophene rings is 1. The van der Waals surface area contributed by atoms with E-state index in [9.17, 15) is 14.7 Å². The van der Waals surface area contributed by atoms with E-state index in [4.69, 9.17) is 18.9 Å². The van der Waals surface area contributed by atoms with E-state index in [1.54, 1.807) is 36.4 Å². The third kappa shape index (κ3) is 5.88. The number of amides is 1. The minimum atomic E-state index is -0.884. The number of aliphatic hydroxyl groups excluding tert-OH is 1. The van der Waals surface area contributed by atoms with Crippen LogP contribution < -0.4 is 18.9 Å². The Labute approximate surface area is 232 Å². The van der Waals surface area contributed by atoms with Gasteiger partial charge in [-0.1, -0.05) is 25.8 Å². The molecule has 0 radical (unpaired) electrons. The van der Waals surface area contributed by atoms with Crippen LogP contribution in [-0.4, -0.2) is 49.6 Å². The molecule has 3 aromatic rings. The van der Waals surface area contributed by atoms with E-state index in [1.165, 1.54) is 37.6 Å². The van der Waals surface area contributed by atoms with Crippen molar-refractivity contribution in [2.24, 2.45) is 0 Å². The van der Waals surface area contributed by atoms with E-state index in [1.807, 2.05) is 17.5 Å². The van der Waals surface area contributed by atoms with Crippen LogP contribution in [0.4, 0.5) is 0 Å². The molecule has 0 bridgehead atoms. The van der Waals surface area contributed by atoms with Gasteiger partial charge in [0.1, 0.15) is 11.5 Å². The van der Waals surface area contributed by atoms with Crippen molar-refractivity contribution in [2.45, 2.75) is 38.8 Å². The maximum Gasteiger partial charge on any atom is 0.295 e. The van der Waals surface area contributed by atoms with Crippen LogP contribution >= 0.6 is 11.3 Å². The molecule has 1 aliphatic heterocycles. The number of ketones is 1. The largest absolute Gasteiger partial charge is 0.507 e.